The number of hydrogen-bond acceptors (Lipinski definition) is 7. The molecule has 1 saturated heterocycles. The second-order valence-electron chi connectivity index (χ2n) is 9.53. The van der Waals surface area contributed by atoms with Crippen molar-refractivity contribution in [2.45, 2.75) is 39.4 Å². The third-order valence-corrected chi connectivity index (χ3v) is 11.1. The minimum atomic E-state index is -4.93. The molecule has 216 valence electrons. The lowest BCUT2D eigenvalue weighted by Crippen LogP contribution is -2.57. The first-order valence-corrected chi connectivity index (χ1v) is 15.5. The van der Waals surface area contributed by atoms with Gasteiger partial charge in [0.15, 0.2) is 15.4 Å². The lowest BCUT2D eigenvalue weighted by Gasteiger charge is -2.42. The molecule has 0 aromatic heterocycles. The predicted octanol–water partition coefficient (Wildman–Crippen LogP) is 4.24. The van der Waals surface area contributed by atoms with Gasteiger partial charge in [-0.15, -0.1) is 12.6 Å². The third kappa shape index (κ3) is 6.00. The van der Waals surface area contributed by atoms with E-state index < -0.39 is 54.8 Å². The van der Waals surface area contributed by atoms with Gasteiger partial charge in [0.05, 0.1) is 21.6 Å². The Balaban J connectivity index is 1.70. The Bertz CT molecular complexity index is 1600. The van der Waals surface area contributed by atoms with Gasteiger partial charge in [0.2, 0.25) is 10.0 Å². The quantitative estimate of drug-likeness (QED) is 0.304. The molecule has 0 aliphatic carbocycles. The van der Waals surface area contributed by atoms with Crippen LogP contribution in [-0.4, -0.2) is 63.9 Å². The number of benzene rings is 3. The predicted molar refractivity (Wildman–Crippen MR) is 144 cm³/mol. The van der Waals surface area contributed by atoms with Crippen molar-refractivity contribution >= 4 is 38.2 Å². The van der Waals surface area contributed by atoms with Crippen LogP contribution < -0.4 is 4.90 Å². The number of nitrogens with zero attached hydrogens (tertiary/aromatic N) is 2. The molecule has 0 radical (unpaired) electrons. The standard InChI is InChI=1S/C26H26F4N2O5S3/c1-25(33,26(28,29)30)18-9-11-20(12-10-18)32-14-13-31(40(36,37)24-8-3-2-7-23(24)38)16-21(32)17-39(34,35)22-6-4-5-19(27)15-22/h2-12,15,21,33,38H,13-14,16-17H2,1H3/t21-,25+/m1/s1. The molecule has 3 aromatic rings. The highest BCUT2D eigenvalue weighted by molar-refractivity contribution is 7.91. The summed E-state index contributed by atoms with van der Waals surface area (Å²) in [4.78, 5) is 1.45. The molecule has 1 aliphatic rings. The summed E-state index contributed by atoms with van der Waals surface area (Å²) < 4.78 is 108. The van der Waals surface area contributed by atoms with E-state index in [2.05, 4.69) is 12.6 Å². The topological polar surface area (TPSA) is 95.0 Å². The number of anilines is 1. The highest BCUT2D eigenvalue weighted by atomic mass is 32.2. The maximum absolute atomic E-state index is 13.8. The van der Waals surface area contributed by atoms with Crippen LogP contribution in [0.5, 0.6) is 0 Å². The van der Waals surface area contributed by atoms with Gasteiger partial charge in [0.1, 0.15) is 5.82 Å². The maximum atomic E-state index is 13.8. The highest BCUT2D eigenvalue weighted by Gasteiger charge is 2.51. The first-order valence-electron chi connectivity index (χ1n) is 12.0. The van der Waals surface area contributed by atoms with Crippen LogP contribution in [0.4, 0.5) is 23.2 Å². The molecule has 4 rings (SSSR count). The molecule has 1 heterocycles. The Labute approximate surface area is 235 Å². The van der Waals surface area contributed by atoms with Gasteiger partial charge in [0, 0.05) is 30.2 Å². The number of sulfonamides is 1. The number of alkyl halides is 3. The van der Waals surface area contributed by atoms with E-state index in [1.807, 2.05) is 0 Å². The molecule has 3 aromatic carbocycles. The van der Waals surface area contributed by atoms with Crippen LogP contribution >= 0.6 is 12.6 Å². The second-order valence-corrected chi connectivity index (χ2v) is 14.0. The van der Waals surface area contributed by atoms with Crippen LogP contribution in [0, 0.1) is 5.82 Å². The monoisotopic (exact) mass is 618 g/mol. The van der Waals surface area contributed by atoms with E-state index in [4.69, 9.17) is 0 Å². The zero-order valence-corrected chi connectivity index (χ0v) is 23.6. The fourth-order valence-electron chi connectivity index (χ4n) is 4.49. The van der Waals surface area contributed by atoms with Gasteiger partial charge >= 0.3 is 6.18 Å². The third-order valence-electron chi connectivity index (χ3n) is 6.81. The number of rotatable bonds is 7. The van der Waals surface area contributed by atoms with Gasteiger partial charge < -0.3 is 10.0 Å². The van der Waals surface area contributed by atoms with Crippen molar-refractivity contribution < 1.29 is 39.5 Å². The molecule has 1 aliphatic heterocycles. The molecule has 0 bridgehead atoms. The zero-order chi connectivity index (χ0) is 29.5. The molecule has 1 N–H and O–H groups in total. The molecular formula is C26H26F4N2O5S3. The SMILES string of the molecule is C[C@](O)(c1ccc(N2CCN(S(=O)(=O)c3ccccc3S)C[C@@H]2CS(=O)(=O)c2cccc(F)c2)cc1)C(F)(F)F. The summed E-state index contributed by atoms with van der Waals surface area (Å²) in [5.74, 6) is -1.36. The molecule has 0 unspecified atom stereocenters. The van der Waals surface area contributed by atoms with E-state index in [0.717, 1.165) is 28.6 Å². The normalized spacial score (nSPS) is 18.9. The summed E-state index contributed by atoms with van der Waals surface area (Å²) in [6.07, 6.45) is -4.93. The van der Waals surface area contributed by atoms with Crippen molar-refractivity contribution in [3.05, 3.63) is 84.2 Å². The summed E-state index contributed by atoms with van der Waals surface area (Å²) in [5.41, 5.74) is -3.20. The van der Waals surface area contributed by atoms with Gasteiger partial charge in [-0.05, 0) is 55.0 Å². The van der Waals surface area contributed by atoms with E-state index in [9.17, 15) is 39.5 Å². The number of piperazine rings is 1. The van der Waals surface area contributed by atoms with Crippen molar-refractivity contribution in [2.75, 3.05) is 30.3 Å². The Morgan fingerprint density at radius 3 is 2.20 bits per heavy atom. The minimum absolute atomic E-state index is 0.00627. The number of halogens is 4. The van der Waals surface area contributed by atoms with E-state index in [0.29, 0.717) is 12.6 Å². The van der Waals surface area contributed by atoms with E-state index in [1.165, 1.54) is 42.5 Å². The van der Waals surface area contributed by atoms with Gasteiger partial charge in [-0.3, -0.25) is 0 Å². The average Bonchev–Trinajstić information content (AvgIpc) is 2.88. The van der Waals surface area contributed by atoms with Crippen LogP contribution in [0.1, 0.15) is 12.5 Å². The molecule has 0 amide bonds. The highest BCUT2D eigenvalue weighted by Crippen LogP contribution is 2.39. The second kappa shape index (κ2) is 11.0. The lowest BCUT2D eigenvalue weighted by atomic mass is 9.95. The smallest absolute Gasteiger partial charge is 0.376 e. The fourth-order valence-corrected chi connectivity index (χ4v) is 8.11. The summed E-state index contributed by atoms with van der Waals surface area (Å²) in [6, 6.07) is 14.3. The van der Waals surface area contributed by atoms with Gasteiger partial charge in [-0.25, -0.2) is 21.2 Å². The van der Waals surface area contributed by atoms with Crippen molar-refractivity contribution in [3.8, 4) is 0 Å². The first-order chi connectivity index (χ1) is 18.5. The number of thiol groups is 1. The maximum Gasteiger partial charge on any atom is 0.421 e. The van der Waals surface area contributed by atoms with Crippen molar-refractivity contribution in [1.29, 1.82) is 0 Å². The van der Waals surface area contributed by atoms with Crippen LogP contribution in [0.2, 0.25) is 0 Å². The summed E-state index contributed by atoms with van der Waals surface area (Å²) in [7, 11) is -8.21. The zero-order valence-electron chi connectivity index (χ0n) is 21.1. The molecule has 0 spiro atoms. The van der Waals surface area contributed by atoms with Gasteiger partial charge in [-0.2, -0.15) is 17.5 Å². The Hall–Kier alpha value is -2.65. The summed E-state index contributed by atoms with van der Waals surface area (Å²) in [6.45, 7) is 0.301. The van der Waals surface area contributed by atoms with Crippen LogP contribution in [0.3, 0.4) is 0 Å². The Morgan fingerprint density at radius 2 is 1.60 bits per heavy atom. The molecule has 14 heteroatoms. The van der Waals surface area contributed by atoms with Crippen LogP contribution in [0.15, 0.2) is 87.5 Å². The van der Waals surface area contributed by atoms with Crippen molar-refractivity contribution in [2.24, 2.45) is 0 Å². The van der Waals surface area contributed by atoms with Crippen LogP contribution in [-0.2, 0) is 25.5 Å². The molecule has 1 fully saturated rings. The summed E-state index contributed by atoms with van der Waals surface area (Å²) >= 11 is 4.24. The Morgan fingerprint density at radius 1 is 0.950 bits per heavy atom. The van der Waals surface area contributed by atoms with Crippen molar-refractivity contribution in [1.82, 2.24) is 4.31 Å². The molecular weight excluding hydrogens is 592 g/mol. The molecule has 0 saturated carbocycles. The van der Waals surface area contributed by atoms with E-state index in [1.54, 1.807) is 11.0 Å². The Kier molecular flexibility index (Phi) is 8.31. The lowest BCUT2D eigenvalue weighted by molar-refractivity contribution is -0.258. The molecule has 40 heavy (non-hydrogen) atoms. The number of hydrogen-bond donors (Lipinski definition) is 2. The van der Waals surface area contributed by atoms with E-state index >= 15 is 0 Å². The largest absolute Gasteiger partial charge is 0.421 e. The van der Waals surface area contributed by atoms with Crippen molar-refractivity contribution in [3.63, 3.8) is 0 Å². The van der Waals surface area contributed by atoms with Gasteiger partial charge in [0.25, 0.3) is 0 Å². The average molecular weight is 619 g/mol. The summed E-state index contributed by atoms with van der Waals surface area (Å²) in [5, 5.41) is 10.0. The van der Waals surface area contributed by atoms with E-state index in [-0.39, 0.29) is 34.3 Å². The van der Waals surface area contributed by atoms with Gasteiger partial charge in [-0.1, -0.05) is 30.3 Å². The molecule has 7 nitrogen and oxygen atoms in total. The number of aliphatic hydroxyl groups is 1. The minimum Gasteiger partial charge on any atom is -0.376 e. The fraction of sp³-hybridized carbons (Fsp3) is 0.308. The molecule has 2 atom stereocenters. The first kappa shape index (κ1) is 30.3. The van der Waals surface area contributed by atoms with Crippen LogP contribution in [0.25, 0.3) is 0 Å². The number of sulfone groups is 1.